The molecule has 0 heterocycles. The number of benzene rings is 1. The quantitative estimate of drug-likeness (QED) is 0.256. The van der Waals surface area contributed by atoms with Gasteiger partial charge in [0.1, 0.15) is 0 Å². The Balaban J connectivity index is 1.94. The molecule has 0 saturated heterocycles. The molecule has 0 radical (unpaired) electrons. The summed E-state index contributed by atoms with van der Waals surface area (Å²) >= 11 is 2.04. The van der Waals surface area contributed by atoms with Crippen molar-refractivity contribution in [1.29, 1.82) is 0 Å². The van der Waals surface area contributed by atoms with Crippen LogP contribution in [-0.2, 0) is 5.75 Å². The highest BCUT2D eigenvalue weighted by Gasteiger charge is 2.14. The number of hydrogen-bond acceptors (Lipinski definition) is 2. The van der Waals surface area contributed by atoms with Gasteiger partial charge in [0.2, 0.25) is 0 Å². The monoisotopic (exact) mass is 391 g/mol. The first-order valence-corrected chi connectivity index (χ1v) is 12.7. The highest BCUT2D eigenvalue weighted by molar-refractivity contribution is 7.99. The fourth-order valence-corrected chi connectivity index (χ4v) is 4.87. The zero-order valence-electron chi connectivity index (χ0n) is 18.1. The third kappa shape index (κ3) is 14.2. The predicted octanol–water partition coefficient (Wildman–Crippen LogP) is 8.12. The van der Waals surface area contributed by atoms with Gasteiger partial charge in [0.05, 0.1) is 0 Å². The van der Waals surface area contributed by atoms with Crippen LogP contribution in [0.25, 0.3) is 0 Å². The molecular weight excluding hydrogens is 346 g/mol. The van der Waals surface area contributed by atoms with Crippen molar-refractivity contribution in [2.24, 2.45) is 5.73 Å². The van der Waals surface area contributed by atoms with Crippen LogP contribution in [0.2, 0.25) is 0 Å². The summed E-state index contributed by atoms with van der Waals surface area (Å²) in [6, 6.07) is 11.1. The van der Waals surface area contributed by atoms with Gasteiger partial charge >= 0.3 is 0 Å². The van der Waals surface area contributed by atoms with Crippen molar-refractivity contribution in [3.8, 4) is 0 Å². The standard InChI is InChI=1S/C25H45NS/c1-3-4-5-6-7-8-9-10-11-12-13-14-18-21-25(23(2)26)27-22-24-19-16-15-17-20-24/h15-17,19-20,23,25H,3-14,18,21-22,26H2,1-2H3. The number of nitrogens with two attached hydrogens (primary N) is 1. The van der Waals surface area contributed by atoms with Crippen LogP contribution in [0.5, 0.6) is 0 Å². The van der Waals surface area contributed by atoms with Gasteiger partial charge in [-0.15, -0.1) is 0 Å². The minimum absolute atomic E-state index is 0.288. The van der Waals surface area contributed by atoms with Gasteiger partial charge in [-0.25, -0.2) is 0 Å². The van der Waals surface area contributed by atoms with Gasteiger partial charge < -0.3 is 5.73 Å². The first-order valence-electron chi connectivity index (χ1n) is 11.6. The van der Waals surface area contributed by atoms with Crippen LogP contribution in [0, 0.1) is 0 Å². The molecule has 1 aromatic rings. The summed E-state index contributed by atoms with van der Waals surface area (Å²) in [7, 11) is 0. The molecule has 0 aliphatic heterocycles. The van der Waals surface area contributed by atoms with Crippen molar-refractivity contribution in [3.63, 3.8) is 0 Å². The Bertz CT molecular complexity index is 418. The lowest BCUT2D eigenvalue weighted by atomic mass is 10.0. The number of rotatable bonds is 18. The highest BCUT2D eigenvalue weighted by Crippen LogP contribution is 2.24. The van der Waals surface area contributed by atoms with Crippen LogP contribution < -0.4 is 5.73 Å². The fourth-order valence-electron chi connectivity index (χ4n) is 3.64. The van der Waals surface area contributed by atoms with Gasteiger partial charge in [-0.1, -0.05) is 121 Å². The largest absolute Gasteiger partial charge is 0.327 e. The lowest BCUT2D eigenvalue weighted by molar-refractivity contribution is 0.527. The molecule has 0 aromatic heterocycles. The fraction of sp³-hybridized carbons (Fsp3) is 0.760. The Hall–Kier alpha value is -0.470. The molecule has 1 aromatic carbocycles. The average Bonchev–Trinajstić information content (AvgIpc) is 2.68. The summed E-state index contributed by atoms with van der Waals surface area (Å²) in [6.45, 7) is 4.46. The Morgan fingerprint density at radius 1 is 0.741 bits per heavy atom. The van der Waals surface area contributed by atoms with Crippen molar-refractivity contribution < 1.29 is 0 Å². The molecule has 2 unspecified atom stereocenters. The van der Waals surface area contributed by atoms with E-state index in [-0.39, 0.29) is 6.04 Å². The lowest BCUT2D eigenvalue weighted by Crippen LogP contribution is -2.29. The maximum Gasteiger partial charge on any atom is 0.0199 e. The first-order chi connectivity index (χ1) is 13.2. The SMILES string of the molecule is CCCCCCCCCCCCCCCC(SCc1ccccc1)C(C)N. The maximum absolute atomic E-state index is 6.23. The molecule has 27 heavy (non-hydrogen) atoms. The minimum Gasteiger partial charge on any atom is -0.327 e. The first kappa shape index (κ1) is 24.6. The normalized spacial score (nSPS) is 13.6. The van der Waals surface area contributed by atoms with Gasteiger partial charge in [0.15, 0.2) is 0 Å². The zero-order chi connectivity index (χ0) is 19.6. The van der Waals surface area contributed by atoms with Crippen molar-refractivity contribution in [1.82, 2.24) is 0 Å². The van der Waals surface area contributed by atoms with Crippen LogP contribution in [0.3, 0.4) is 0 Å². The van der Waals surface area contributed by atoms with E-state index in [1.165, 1.54) is 95.5 Å². The molecule has 2 heteroatoms. The second-order valence-corrected chi connectivity index (χ2v) is 9.45. The summed E-state index contributed by atoms with van der Waals surface area (Å²) in [6.07, 6.45) is 19.8. The van der Waals surface area contributed by atoms with Crippen LogP contribution in [0.1, 0.15) is 109 Å². The molecule has 2 atom stereocenters. The summed E-state index contributed by atoms with van der Waals surface area (Å²) in [5.41, 5.74) is 7.64. The molecule has 0 spiro atoms. The van der Waals surface area contributed by atoms with Gasteiger partial charge in [0.25, 0.3) is 0 Å². The molecule has 0 saturated carbocycles. The Kier molecular flexibility index (Phi) is 16.0. The maximum atomic E-state index is 6.23. The van der Waals surface area contributed by atoms with E-state index in [1.807, 2.05) is 11.8 Å². The van der Waals surface area contributed by atoms with Crippen molar-refractivity contribution in [2.45, 2.75) is 121 Å². The summed E-state index contributed by atoms with van der Waals surface area (Å²) in [5.74, 6) is 1.09. The van der Waals surface area contributed by atoms with E-state index in [2.05, 4.69) is 44.2 Å². The molecule has 0 aliphatic carbocycles. The van der Waals surface area contributed by atoms with Gasteiger partial charge in [-0.2, -0.15) is 11.8 Å². The van der Waals surface area contributed by atoms with Gasteiger partial charge in [0, 0.05) is 17.0 Å². The predicted molar refractivity (Wildman–Crippen MR) is 125 cm³/mol. The van der Waals surface area contributed by atoms with Crippen molar-refractivity contribution >= 4 is 11.8 Å². The smallest absolute Gasteiger partial charge is 0.0199 e. The molecule has 0 fully saturated rings. The molecule has 0 amide bonds. The van der Waals surface area contributed by atoms with Crippen LogP contribution in [0.15, 0.2) is 30.3 Å². The number of thioether (sulfide) groups is 1. The number of unbranched alkanes of at least 4 members (excludes halogenated alkanes) is 12. The summed E-state index contributed by atoms with van der Waals surface area (Å²) in [5, 5.41) is 0.595. The molecular formula is C25H45NS. The Morgan fingerprint density at radius 2 is 1.22 bits per heavy atom. The highest BCUT2D eigenvalue weighted by atomic mass is 32.2. The van der Waals surface area contributed by atoms with E-state index in [9.17, 15) is 0 Å². The molecule has 0 bridgehead atoms. The zero-order valence-corrected chi connectivity index (χ0v) is 19.0. The molecule has 156 valence electrons. The number of hydrogen-bond donors (Lipinski definition) is 1. The van der Waals surface area contributed by atoms with Crippen molar-refractivity contribution in [2.75, 3.05) is 0 Å². The Morgan fingerprint density at radius 3 is 1.70 bits per heavy atom. The van der Waals surface area contributed by atoms with Gasteiger partial charge in [-0.3, -0.25) is 0 Å². The van der Waals surface area contributed by atoms with E-state index in [4.69, 9.17) is 5.73 Å². The topological polar surface area (TPSA) is 26.0 Å². The average molecular weight is 392 g/mol. The summed E-state index contributed by atoms with van der Waals surface area (Å²) < 4.78 is 0. The molecule has 2 N–H and O–H groups in total. The van der Waals surface area contributed by atoms with Crippen LogP contribution in [-0.4, -0.2) is 11.3 Å². The molecule has 0 aliphatic rings. The summed E-state index contributed by atoms with van der Waals surface area (Å²) in [4.78, 5) is 0. The van der Waals surface area contributed by atoms with E-state index in [1.54, 1.807) is 0 Å². The minimum atomic E-state index is 0.288. The second kappa shape index (κ2) is 17.6. The van der Waals surface area contributed by atoms with E-state index in [0.29, 0.717) is 5.25 Å². The second-order valence-electron chi connectivity index (χ2n) is 8.23. The molecule has 1 nitrogen and oxygen atoms in total. The molecule has 1 rings (SSSR count). The third-order valence-electron chi connectivity index (χ3n) is 5.49. The van der Waals surface area contributed by atoms with E-state index >= 15 is 0 Å². The van der Waals surface area contributed by atoms with E-state index < -0.39 is 0 Å². The Labute approximate surface area is 174 Å². The van der Waals surface area contributed by atoms with Gasteiger partial charge in [-0.05, 0) is 18.9 Å². The van der Waals surface area contributed by atoms with Crippen LogP contribution in [0.4, 0.5) is 0 Å². The van der Waals surface area contributed by atoms with Crippen molar-refractivity contribution in [3.05, 3.63) is 35.9 Å². The van der Waals surface area contributed by atoms with E-state index in [0.717, 1.165) is 5.75 Å². The lowest BCUT2D eigenvalue weighted by Gasteiger charge is -2.20. The third-order valence-corrected chi connectivity index (χ3v) is 7.08. The van der Waals surface area contributed by atoms with Crippen LogP contribution >= 0.6 is 11.8 Å².